The first-order chi connectivity index (χ1) is 13.4. The third-order valence-corrected chi connectivity index (χ3v) is 3.83. The van der Waals surface area contributed by atoms with Gasteiger partial charge >= 0.3 is 12.4 Å². The summed E-state index contributed by atoms with van der Waals surface area (Å²) in [6.07, 6.45) is -8.69. The van der Waals surface area contributed by atoms with E-state index in [-0.39, 0.29) is 5.69 Å². The van der Waals surface area contributed by atoms with Gasteiger partial charge < -0.3 is 10.6 Å². The van der Waals surface area contributed by atoms with E-state index in [2.05, 4.69) is 5.32 Å². The second-order valence-electron chi connectivity index (χ2n) is 5.50. The lowest BCUT2D eigenvalue weighted by Crippen LogP contribution is -2.18. The van der Waals surface area contributed by atoms with Crippen LogP contribution in [0.15, 0.2) is 54.2 Å². The van der Waals surface area contributed by atoms with Gasteiger partial charge in [0.1, 0.15) is 11.6 Å². The van der Waals surface area contributed by atoms with Crippen LogP contribution in [0.3, 0.4) is 0 Å². The van der Waals surface area contributed by atoms with Crippen LogP contribution in [0.5, 0.6) is 0 Å². The number of carbonyl (C=O) groups is 1. The summed E-state index contributed by atoms with van der Waals surface area (Å²) in [6, 6.07) is 8.38. The molecule has 0 bridgehead atoms. The summed E-state index contributed by atoms with van der Waals surface area (Å²) < 4.78 is 77.5. The fourth-order valence-corrected chi connectivity index (χ4v) is 2.39. The van der Waals surface area contributed by atoms with Crippen molar-refractivity contribution in [2.45, 2.75) is 12.4 Å². The molecule has 152 valence electrons. The summed E-state index contributed by atoms with van der Waals surface area (Å²) in [5.41, 5.74) is -3.63. The highest BCUT2D eigenvalue weighted by molar-refractivity contribution is 6.31. The number of para-hydroxylation sites is 1. The van der Waals surface area contributed by atoms with Gasteiger partial charge in [-0.1, -0.05) is 23.7 Å². The maximum Gasteiger partial charge on any atom is 0.418 e. The highest BCUT2D eigenvalue weighted by Gasteiger charge is 2.34. The Labute approximate surface area is 165 Å². The molecule has 0 atom stereocenters. The molecule has 2 aromatic carbocycles. The number of alkyl halides is 6. The molecule has 0 aliphatic carbocycles. The van der Waals surface area contributed by atoms with Crippen molar-refractivity contribution in [3.8, 4) is 6.07 Å². The zero-order chi connectivity index (χ0) is 21.8. The van der Waals surface area contributed by atoms with E-state index in [0.717, 1.165) is 30.5 Å². The third kappa shape index (κ3) is 5.65. The molecule has 0 unspecified atom stereocenters. The normalized spacial score (nSPS) is 12.3. The number of nitrogens with one attached hydrogen (secondary N) is 2. The van der Waals surface area contributed by atoms with Crippen LogP contribution in [0.2, 0.25) is 5.02 Å². The van der Waals surface area contributed by atoms with Gasteiger partial charge in [-0.2, -0.15) is 31.6 Å². The molecule has 0 saturated carbocycles. The smallest absolute Gasteiger partial charge is 0.360 e. The molecule has 29 heavy (non-hydrogen) atoms. The molecular formula is C18H10ClF6N3O. The molecule has 1 amide bonds. The lowest BCUT2D eigenvalue weighted by Gasteiger charge is -2.13. The Kier molecular flexibility index (Phi) is 6.44. The van der Waals surface area contributed by atoms with Gasteiger partial charge in [0, 0.05) is 11.9 Å². The Balaban J connectivity index is 2.24. The summed E-state index contributed by atoms with van der Waals surface area (Å²) in [5.74, 6) is -1.18. The molecule has 4 nitrogen and oxygen atoms in total. The van der Waals surface area contributed by atoms with Crippen LogP contribution >= 0.6 is 11.6 Å². The minimum atomic E-state index is -4.74. The van der Waals surface area contributed by atoms with E-state index in [1.807, 2.05) is 5.32 Å². The minimum Gasteiger partial charge on any atom is -0.360 e. The maximum absolute atomic E-state index is 13.0. The fourth-order valence-electron chi connectivity index (χ4n) is 2.17. The second-order valence-corrected chi connectivity index (χ2v) is 5.91. The molecule has 2 N–H and O–H groups in total. The average Bonchev–Trinajstić information content (AvgIpc) is 2.62. The number of halogens is 7. The summed E-state index contributed by atoms with van der Waals surface area (Å²) in [5, 5.41) is 12.8. The molecule has 0 spiro atoms. The highest BCUT2D eigenvalue weighted by Crippen LogP contribution is 2.36. The van der Waals surface area contributed by atoms with Crippen LogP contribution in [-0.2, 0) is 17.1 Å². The first-order valence-corrected chi connectivity index (χ1v) is 8.02. The zero-order valence-electron chi connectivity index (χ0n) is 14.1. The van der Waals surface area contributed by atoms with E-state index >= 15 is 0 Å². The van der Waals surface area contributed by atoms with Gasteiger partial charge in [-0.05, 0) is 30.3 Å². The molecule has 0 aliphatic rings. The predicted molar refractivity (Wildman–Crippen MR) is 93.8 cm³/mol. The number of carbonyl (C=O) groups excluding carboxylic acids is 1. The largest absolute Gasteiger partial charge is 0.418 e. The number of anilines is 2. The van der Waals surface area contributed by atoms with Gasteiger partial charge in [-0.25, -0.2) is 0 Å². The van der Waals surface area contributed by atoms with Gasteiger partial charge in [0.25, 0.3) is 5.91 Å². The summed E-state index contributed by atoms with van der Waals surface area (Å²) >= 11 is 5.49. The average molecular weight is 434 g/mol. The zero-order valence-corrected chi connectivity index (χ0v) is 14.9. The van der Waals surface area contributed by atoms with E-state index in [0.29, 0.717) is 6.07 Å². The standard InChI is InChI=1S/C18H10ClF6N3O/c19-14-6-5-11(7-13(14)18(23,24)25)27-9-10(8-26)16(29)28-15-4-2-1-3-12(15)17(20,21)22/h1-7,9,27H,(H,28,29)/b10-9-. The molecule has 0 saturated heterocycles. The number of amides is 1. The van der Waals surface area contributed by atoms with E-state index in [9.17, 15) is 31.1 Å². The lowest BCUT2D eigenvalue weighted by molar-refractivity contribution is -0.138. The number of nitrogens with zero attached hydrogens (tertiary/aromatic N) is 1. The van der Waals surface area contributed by atoms with Crippen molar-refractivity contribution in [2.75, 3.05) is 10.6 Å². The van der Waals surface area contributed by atoms with Crippen molar-refractivity contribution >= 4 is 28.9 Å². The lowest BCUT2D eigenvalue weighted by atomic mass is 10.1. The van der Waals surface area contributed by atoms with Crippen molar-refractivity contribution < 1.29 is 31.1 Å². The Morgan fingerprint density at radius 1 is 1.00 bits per heavy atom. The Morgan fingerprint density at radius 3 is 2.21 bits per heavy atom. The van der Waals surface area contributed by atoms with Crippen LogP contribution in [0, 0.1) is 11.3 Å². The number of benzene rings is 2. The molecule has 0 heterocycles. The molecule has 0 aromatic heterocycles. The SMILES string of the molecule is N#C/C(=C/Nc1ccc(Cl)c(C(F)(F)F)c1)C(=O)Nc1ccccc1C(F)(F)F. The molecule has 2 aromatic rings. The van der Waals surface area contributed by atoms with Crippen molar-refractivity contribution in [2.24, 2.45) is 0 Å². The van der Waals surface area contributed by atoms with Gasteiger partial charge in [-0.15, -0.1) is 0 Å². The summed E-state index contributed by atoms with van der Waals surface area (Å²) in [4.78, 5) is 12.1. The van der Waals surface area contributed by atoms with Crippen molar-refractivity contribution in [3.05, 3.63) is 70.4 Å². The molecular weight excluding hydrogens is 424 g/mol. The van der Waals surface area contributed by atoms with Crippen LogP contribution in [0.4, 0.5) is 37.7 Å². The Bertz CT molecular complexity index is 992. The number of rotatable bonds is 4. The topological polar surface area (TPSA) is 64.9 Å². The monoisotopic (exact) mass is 433 g/mol. The van der Waals surface area contributed by atoms with E-state index in [1.165, 1.54) is 18.2 Å². The molecule has 11 heteroatoms. The third-order valence-electron chi connectivity index (χ3n) is 3.50. The summed E-state index contributed by atoms with van der Waals surface area (Å²) in [7, 11) is 0. The fraction of sp³-hybridized carbons (Fsp3) is 0.111. The molecule has 0 aliphatic heterocycles. The van der Waals surface area contributed by atoms with E-state index < -0.39 is 45.7 Å². The first-order valence-electron chi connectivity index (χ1n) is 7.64. The van der Waals surface area contributed by atoms with Crippen LogP contribution in [0.25, 0.3) is 0 Å². The minimum absolute atomic E-state index is 0.141. The number of hydrogen-bond acceptors (Lipinski definition) is 3. The van der Waals surface area contributed by atoms with Crippen molar-refractivity contribution in [1.29, 1.82) is 5.26 Å². The van der Waals surface area contributed by atoms with Crippen LogP contribution < -0.4 is 10.6 Å². The Hall–Kier alpha value is -3.19. The summed E-state index contributed by atoms with van der Waals surface area (Å²) in [6.45, 7) is 0. The quantitative estimate of drug-likeness (QED) is 0.362. The first kappa shape index (κ1) is 22.1. The van der Waals surface area contributed by atoms with Crippen molar-refractivity contribution in [1.82, 2.24) is 0 Å². The van der Waals surface area contributed by atoms with E-state index in [4.69, 9.17) is 16.9 Å². The van der Waals surface area contributed by atoms with Crippen LogP contribution in [-0.4, -0.2) is 5.91 Å². The van der Waals surface area contributed by atoms with Gasteiger partial charge in [-0.3, -0.25) is 4.79 Å². The van der Waals surface area contributed by atoms with Gasteiger partial charge in [0.15, 0.2) is 0 Å². The van der Waals surface area contributed by atoms with E-state index in [1.54, 1.807) is 0 Å². The molecule has 0 radical (unpaired) electrons. The predicted octanol–water partition coefficient (Wildman–Crippen LogP) is 5.84. The van der Waals surface area contributed by atoms with Gasteiger partial charge in [0.05, 0.1) is 21.8 Å². The van der Waals surface area contributed by atoms with Gasteiger partial charge in [0.2, 0.25) is 0 Å². The highest BCUT2D eigenvalue weighted by atomic mass is 35.5. The Morgan fingerprint density at radius 2 is 1.62 bits per heavy atom. The number of hydrogen-bond donors (Lipinski definition) is 2. The second kappa shape index (κ2) is 8.45. The molecule has 0 fully saturated rings. The molecule has 2 rings (SSSR count). The van der Waals surface area contributed by atoms with Crippen molar-refractivity contribution in [3.63, 3.8) is 0 Å². The maximum atomic E-state index is 13.0. The van der Waals surface area contributed by atoms with Crippen LogP contribution in [0.1, 0.15) is 11.1 Å². The number of nitriles is 1.